The molecule has 0 bridgehead atoms. The normalized spacial score (nSPS) is 23.7. The number of allylic oxidation sites excluding steroid dienone is 2. The summed E-state index contributed by atoms with van der Waals surface area (Å²) in [6.45, 7) is 0. The highest BCUT2D eigenvalue weighted by atomic mass is 16.2. The van der Waals surface area contributed by atoms with Crippen LogP contribution in [0.25, 0.3) is 0 Å². The summed E-state index contributed by atoms with van der Waals surface area (Å²) in [5.41, 5.74) is 0. The number of rotatable bonds is 0. The fraction of sp³-hybridized carbons (Fsp3) is 0.667. The van der Waals surface area contributed by atoms with E-state index in [-0.39, 0.29) is 11.6 Å². The Morgan fingerprint density at radius 2 is 1.50 bits per heavy atom. The summed E-state index contributed by atoms with van der Waals surface area (Å²) in [5.74, 6) is -0.535. The van der Waals surface area contributed by atoms with Gasteiger partial charge in [0.15, 0.2) is 0 Å². The van der Waals surface area contributed by atoms with Gasteiger partial charge in [-0.25, -0.2) is 0 Å². The Bertz CT molecular complexity index is 228. The molecule has 1 rings (SSSR count). The van der Waals surface area contributed by atoms with Crippen molar-refractivity contribution in [1.29, 1.82) is 0 Å². The van der Waals surface area contributed by atoms with Crippen molar-refractivity contribution < 1.29 is 9.59 Å². The zero-order valence-corrected chi connectivity index (χ0v) is 8.63. The van der Waals surface area contributed by atoms with Crippen LogP contribution >= 0.6 is 0 Å². The number of hydrogen-bond donors (Lipinski definition) is 0. The Hall–Kier alpha value is -0.920. The molecule has 78 valence electrons. The molecule has 0 atom stereocenters. The van der Waals surface area contributed by atoms with E-state index < -0.39 is 0 Å². The third-order valence-corrected chi connectivity index (χ3v) is 2.57. The molecule has 2 heteroatoms. The first-order valence-corrected chi connectivity index (χ1v) is 5.54. The molecule has 0 aromatic carbocycles. The minimum Gasteiger partial charge on any atom is -0.291 e. The standard InChI is InChI=1S/C12H18O2/c13-11-9-7-5-3-1-2-4-6-8-10-12(11)14/h7,9H,1-6,8,10H2/b9-7-. The molecule has 0 heterocycles. The average Bonchev–Trinajstić information content (AvgIpc) is 2.18. The lowest BCUT2D eigenvalue weighted by atomic mass is 10.0. The second-order valence-corrected chi connectivity index (χ2v) is 3.85. The molecule has 1 aliphatic rings. The van der Waals surface area contributed by atoms with Gasteiger partial charge in [-0.15, -0.1) is 0 Å². The molecule has 0 fully saturated rings. The minimum atomic E-state index is -0.314. The zero-order valence-electron chi connectivity index (χ0n) is 8.63. The number of carbonyl (C=O) groups excluding carboxylic acids is 2. The van der Waals surface area contributed by atoms with Gasteiger partial charge in [-0.05, 0) is 25.3 Å². The minimum absolute atomic E-state index is 0.221. The predicted octanol–water partition coefficient (Wildman–Crippen LogP) is 2.82. The van der Waals surface area contributed by atoms with Crippen molar-refractivity contribution in [2.45, 2.75) is 51.4 Å². The van der Waals surface area contributed by atoms with Gasteiger partial charge in [0.2, 0.25) is 11.6 Å². The summed E-state index contributed by atoms with van der Waals surface area (Å²) in [5, 5.41) is 0. The summed E-state index contributed by atoms with van der Waals surface area (Å²) >= 11 is 0. The van der Waals surface area contributed by atoms with Crippen molar-refractivity contribution in [3.8, 4) is 0 Å². The van der Waals surface area contributed by atoms with Crippen molar-refractivity contribution >= 4 is 11.6 Å². The molecule has 0 amide bonds. The molecule has 2 nitrogen and oxygen atoms in total. The van der Waals surface area contributed by atoms with Crippen LogP contribution in [-0.2, 0) is 9.59 Å². The van der Waals surface area contributed by atoms with Gasteiger partial charge < -0.3 is 0 Å². The number of Topliss-reactive ketones (excluding diaryl/α,β-unsaturated/α-hetero) is 1. The largest absolute Gasteiger partial charge is 0.291 e. The van der Waals surface area contributed by atoms with E-state index in [1.54, 1.807) is 0 Å². The lowest BCUT2D eigenvalue weighted by Gasteiger charge is -2.01. The van der Waals surface area contributed by atoms with Gasteiger partial charge in [0.1, 0.15) is 0 Å². The maximum atomic E-state index is 11.2. The molecule has 0 unspecified atom stereocenters. The molecule has 0 aromatic rings. The molecular weight excluding hydrogens is 176 g/mol. The lowest BCUT2D eigenvalue weighted by Crippen LogP contribution is -2.10. The van der Waals surface area contributed by atoms with Gasteiger partial charge in [0, 0.05) is 6.42 Å². The van der Waals surface area contributed by atoms with Gasteiger partial charge in [0.25, 0.3) is 0 Å². The van der Waals surface area contributed by atoms with Crippen molar-refractivity contribution in [2.75, 3.05) is 0 Å². The van der Waals surface area contributed by atoms with Crippen LogP contribution in [0.1, 0.15) is 51.4 Å². The second-order valence-electron chi connectivity index (χ2n) is 3.85. The molecule has 1 aliphatic carbocycles. The average molecular weight is 194 g/mol. The summed E-state index contributed by atoms with van der Waals surface area (Å²) in [7, 11) is 0. The first-order chi connectivity index (χ1) is 6.80. The highest BCUT2D eigenvalue weighted by Gasteiger charge is 2.09. The quantitative estimate of drug-likeness (QED) is 0.556. The van der Waals surface area contributed by atoms with Gasteiger partial charge in [0.05, 0.1) is 0 Å². The Balaban J connectivity index is 2.43. The van der Waals surface area contributed by atoms with Crippen molar-refractivity contribution in [1.82, 2.24) is 0 Å². The van der Waals surface area contributed by atoms with E-state index in [9.17, 15) is 9.59 Å². The summed E-state index contributed by atoms with van der Waals surface area (Å²) < 4.78 is 0. The summed E-state index contributed by atoms with van der Waals surface area (Å²) in [6, 6.07) is 0. The van der Waals surface area contributed by atoms with Crippen LogP contribution in [-0.4, -0.2) is 11.6 Å². The molecule has 14 heavy (non-hydrogen) atoms. The Labute approximate surface area is 85.4 Å². The summed E-state index contributed by atoms with van der Waals surface area (Å²) in [6.07, 6.45) is 11.4. The SMILES string of the molecule is O=C1/C=C\CCCCCCCCC1=O. The van der Waals surface area contributed by atoms with E-state index in [0.29, 0.717) is 6.42 Å². The van der Waals surface area contributed by atoms with Crippen molar-refractivity contribution in [2.24, 2.45) is 0 Å². The van der Waals surface area contributed by atoms with Crippen LogP contribution in [0.5, 0.6) is 0 Å². The zero-order chi connectivity index (χ0) is 10.2. The fourth-order valence-electron chi connectivity index (χ4n) is 1.66. The van der Waals surface area contributed by atoms with Crippen molar-refractivity contribution in [3.05, 3.63) is 12.2 Å². The molecule has 0 radical (unpaired) electrons. The van der Waals surface area contributed by atoms with Crippen LogP contribution in [0, 0.1) is 0 Å². The molecule has 0 N–H and O–H groups in total. The van der Waals surface area contributed by atoms with E-state index in [2.05, 4.69) is 0 Å². The Kier molecular flexibility index (Phi) is 5.20. The first kappa shape index (κ1) is 11.2. The van der Waals surface area contributed by atoms with Gasteiger partial charge >= 0.3 is 0 Å². The molecular formula is C12H18O2. The third-order valence-electron chi connectivity index (χ3n) is 2.57. The predicted molar refractivity (Wildman–Crippen MR) is 56.1 cm³/mol. The van der Waals surface area contributed by atoms with E-state index in [1.807, 2.05) is 6.08 Å². The monoisotopic (exact) mass is 194 g/mol. The van der Waals surface area contributed by atoms with Gasteiger partial charge in [-0.1, -0.05) is 31.8 Å². The van der Waals surface area contributed by atoms with Crippen LogP contribution in [0.3, 0.4) is 0 Å². The Morgan fingerprint density at radius 3 is 2.29 bits per heavy atom. The van der Waals surface area contributed by atoms with Crippen LogP contribution in [0.2, 0.25) is 0 Å². The van der Waals surface area contributed by atoms with E-state index in [4.69, 9.17) is 0 Å². The van der Waals surface area contributed by atoms with Crippen LogP contribution in [0.15, 0.2) is 12.2 Å². The number of carbonyl (C=O) groups is 2. The van der Waals surface area contributed by atoms with Crippen molar-refractivity contribution in [3.63, 3.8) is 0 Å². The highest BCUT2D eigenvalue weighted by Crippen LogP contribution is 2.10. The summed E-state index contributed by atoms with van der Waals surface area (Å²) in [4.78, 5) is 22.4. The Morgan fingerprint density at radius 1 is 0.857 bits per heavy atom. The maximum Gasteiger partial charge on any atom is 0.221 e. The van der Waals surface area contributed by atoms with E-state index in [0.717, 1.165) is 25.7 Å². The van der Waals surface area contributed by atoms with Crippen LogP contribution in [0.4, 0.5) is 0 Å². The molecule has 0 aliphatic heterocycles. The molecule has 0 saturated heterocycles. The first-order valence-electron chi connectivity index (χ1n) is 5.54. The van der Waals surface area contributed by atoms with Gasteiger partial charge in [-0.2, -0.15) is 0 Å². The smallest absolute Gasteiger partial charge is 0.221 e. The number of hydrogen-bond acceptors (Lipinski definition) is 2. The van der Waals surface area contributed by atoms with Gasteiger partial charge in [-0.3, -0.25) is 9.59 Å². The second kappa shape index (κ2) is 6.52. The maximum absolute atomic E-state index is 11.2. The lowest BCUT2D eigenvalue weighted by molar-refractivity contribution is -0.133. The highest BCUT2D eigenvalue weighted by molar-refractivity contribution is 6.41. The fourth-order valence-corrected chi connectivity index (χ4v) is 1.66. The van der Waals surface area contributed by atoms with E-state index in [1.165, 1.54) is 25.3 Å². The molecule has 0 spiro atoms. The van der Waals surface area contributed by atoms with Crippen LogP contribution < -0.4 is 0 Å². The topological polar surface area (TPSA) is 34.1 Å². The molecule has 0 aromatic heterocycles. The van der Waals surface area contributed by atoms with E-state index >= 15 is 0 Å². The number of ketones is 2. The third kappa shape index (κ3) is 4.35. The molecule has 0 saturated carbocycles.